The third-order valence-corrected chi connectivity index (χ3v) is 7.03. The molecule has 0 aliphatic heterocycles. The Morgan fingerprint density at radius 2 is 1.95 bits per heavy atom. The molecule has 0 aliphatic rings. The van der Waals surface area contributed by atoms with Gasteiger partial charge in [0.05, 0.1) is 16.6 Å². The highest BCUT2D eigenvalue weighted by atomic mass is 32.2. The standard InChI is InChI=1S/C26H23F4N5O3S/c1-14-33-23-16(3-6-32-39(37)38)9-17(21-13-34(2)25(36)24-20(21)4-5-31-24)10-22(23)35(14)12-15-7-18(26(28,29)30)11-19(27)8-15/h4-5,7-11,13,31-32H,3,6,12H2,1-2H3,(H,37,38). The highest BCUT2D eigenvalue weighted by molar-refractivity contribution is 7.77. The highest BCUT2D eigenvalue weighted by Gasteiger charge is 2.31. The SMILES string of the molecule is Cc1nc2c(CCNS(=O)O)cc(-c3cn(C)c(=O)c4[nH]ccc34)cc2n1Cc1cc(F)cc(C(F)(F)F)c1. The lowest BCUT2D eigenvalue weighted by Gasteiger charge is -2.14. The maximum absolute atomic E-state index is 14.1. The average molecular weight is 562 g/mol. The zero-order valence-corrected chi connectivity index (χ0v) is 21.6. The number of alkyl halides is 3. The Kier molecular flexibility index (Phi) is 6.91. The minimum Gasteiger partial charge on any atom is -0.357 e. The van der Waals surface area contributed by atoms with Crippen molar-refractivity contribution in [3.8, 4) is 11.1 Å². The molecule has 5 rings (SSSR count). The summed E-state index contributed by atoms with van der Waals surface area (Å²) in [6.07, 6.45) is -1.03. The summed E-state index contributed by atoms with van der Waals surface area (Å²) in [6.45, 7) is 1.78. The number of aromatic nitrogens is 4. The molecule has 0 bridgehead atoms. The number of rotatable bonds is 7. The van der Waals surface area contributed by atoms with Gasteiger partial charge >= 0.3 is 6.18 Å². The van der Waals surface area contributed by atoms with Crippen molar-refractivity contribution < 1.29 is 26.3 Å². The summed E-state index contributed by atoms with van der Waals surface area (Å²) in [4.78, 5) is 20.2. The van der Waals surface area contributed by atoms with Gasteiger partial charge in [-0.15, -0.1) is 0 Å². The van der Waals surface area contributed by atoms with Gasteiger partial charge in [-0.1, -0.05) is 0 Å². The van der Waals surface area contributed by atoms with Crippen LogP contribution in [0.3, 0.4) is 0 Å². The minimum atomic E-state index is -4.70. The van der Waals surface area contributed by atoms with Crippen molar-refractivity contribution in [2.24, 2.45) is 7.05 Å². The Labute approximate surface area is 221 Å². The van der Waals surface area contributed by atoms with Crippen molar-refractivity contribution >= 4 is 33.2 Å². The lowest BCUT2D eigenvalue weighted by molar-refractivity contribution is -0.137. The van der Waals surface area contributed by atoms with Gasteiger partial charge in [-0.2, -0.15) is 13.2 Å². The fraction of sp³-hybridized carbons (Fsp3) is 0.231. The van der Waals surface area contributed by atoms with Gasteiger partial charge in [-0.05, 0) is 66.4 Å². The van der Waals surface area contributed by atoms with Crippen LogP contribution in [0.25, 0.3) is 33.1 Å². The molecule has 3 N–H and O–H groups in total. The molecule has 1 unspecified atom stereocenters. The number of hydrogen-bond donors (Lipinski definition) is 3. The maximum atomic E-state index is 14.1. The Morgan fingerprint density at radius 3 is 2.67 bits per heavy atom. The lowest BCUT2D eigenvalue weighted by Crippen LogP contribution is -2.19. The molecular formula is C26H23F4N5O3S. The summed E-state index contributed by atoms with van der Waals surface area (Å²) in [6, 6.07) is 7.90. The van der Waals surface area contributed by atoms with E-state index in [0.717, 1.165) is 23.3 Å². The third-order valence-electron chi connectivity index (χ3n) is 6.57. The third kappa shape index (κ3) is 5.24. The number of halogens is 4. The minimum absolute atomic E-state index is 0.0716. The van der Waals surface area contributed by atoms with Crippen LogP contribution < -0.4 is 10.3 Å². The molecule has 3 heterocycles. The second-order valence-electron chi connectivity index (χ2n) is 9.21. The summed E-state index contributed by atoms with van der Waals surface area (Å²) >= 11 is -2.22. The molecule has 0 aliphatic carbocycles. The molecular weight excluding hydrogens is 538 g/mol. The molecule has 39 heavy (non-hydrogen) atoms. The monoisotopic (exact) mass is 561 g/mol. The number of fused-ring (bicyclic) bond motifs is 2. The molecule has 3 aromatic heterocycles. The Morgan fingerprint density at radius 1 is 1.18 bits per heavy atom. The largest absolute Gasteiger partial charge is 0.416 e. The smallest absolute Gasteiger partial charge is 0.357 e. The quantitative estimate of drug-likeness (QED) is 0.199. The predicted octanol–water partition coefficient (Wildman–Crippen LogP) is 4.67. The summed E-state index contributed by atoms with van der Waals surface area (Å²) in [5, 5.41) is 0.681. The van der Waals surface area contributed by atoms with Crippen LogP contribution in [0.4, 0.5) is 17.6 Å². The molecule has 0 amide bonds. The van der Waals surface area contributed by atoms with Crippen molar-refractivity contribution in [3.63, 3.8) is 0 Å². The number of aryl methyl sites for hydroxylation is 2. The summed E-state index contributed by atoms with van der Waals surface area (Å²) in [5.74, 6) is -0.501. The number of benzene rings is 2. The van der Waals surface area contributed by atoms with Crippen molar-refractivity contribution in [3.05, 3.63) is 87.5 Å². The van der Waals surface area contributed by atoms with Crippen LogP contribution in [-0.2, 0) is 37.5 Å². The molecule has 0 saturated carbocycles. The first-order valence-corrected chi connectivity index (χ1v) is 12.9. The number of H-pyrrole nitrogens is 1. The van der Waals surface area contributed by atoms with E-state index in [9.17, 15) is 26.6 Å². The van der Waals surface area contributed by atoms with E-state index in [1.807, 2.05) is 12.1 Å². The second kappa shape index (κ2) is 10.1. The van der Waals surface area contributed by atoms with E-state index >= 15 is 0 Å². The van der Waals surface area contributed by atoms with Crippen LogP contribution in [-0.4, -0.2) is 34.4 Å². The van der Waals surface area contributed by atoms with Crippen LogP contribution in [0.1, 0.15) is 22.5 Å². The van der Waals surface area contributed by atoms with Crippen LogP contribution in [0.5, 0.6) is 0 Å². The first-order valence-electron chi connectivity index (χ1n) is 11.8. The molecule has 5 aromatic rings. The van der Waals surface area contributed by atoms with Gasteiger partial charge in [0.1, 0.15) is 17.2 Å². The van der Waals surface area contributed by atoms with Crippen molar-refractivity contribution in [2.75, 3.05) is 6.54 Å². The van der Waals surface area contributed by atoms with Crippen molar-refractivity contribution in [1.29, 1.82) is 0 Å². The van der Waals surface area contributed by atoms with E-state index in [1.165, 1.54) is 4.57 Å². The number of pyridine rings is 1. The molecule has 0 fully saturated rings. The first-order chi connectivity index (χ1) is 18.4. The van der Waals surface area contributed by atoms with E-state index < -0.39 is 28.8 Å². The van der Waals surface area contributed by atoms with E-state index in [-0.39, 0.29) is 24.2 Å². The number of aromatic amines is 1. The Hall–Kier alpha value is -3.81. The average Bonchev–Trinajstić information content (AvgIpc) is 3.46. The molecule has 13 heteroatoms. The molecule has 0 spiro atoms. The van der Waals surface area contributed by atoms with Gasteiger partial charge in [0.25, 0.3) is 5.56 Å². The number of hydrogen-bond acceptors (Lipinski definition) is 3. The predicted molar refractivity (Wildman–Crippen MR) is 140 cm³/mol. The van der Waals surface area contributed by atoms with Crippen LogP contribution in [0, 0.1) is 12.7 Å². The number of nitrogens with zero attached hydrogens (tertiary/aromatic N) is 3. The Balaban J connectivity index is 1.70. The molecule has 0 saturated heterocycles. The van der Waals surface area contributed by atoms with Crippen LogP contribution >= 0.6 is 0 Å². The maximum Gasteiger partial charge on any atom is 0.416 e. The van der Waals surface area contributed by atoms with E-state index in [4.69, 9.17) is 4.55 Å². The topological polar surface area (TPSA) is 105 Å². The summed E-state index contributed by atoms with van der Waals surface area (Å²) < 4.78 is 80.0. The first kappa shape index (κ1) is 26.8. The van der Waals surface area contributed by atoms with Gasteiger partial charge in [-0.25, -0.2) is 18.3 Å². The van der Waals surface area contributed by atoms with Crippen LogP contribution in [0.2, 0.25) is 0 Å². The van der Waals surface area contributed by atoms with Gasteiger partial charge in [-0.3, -0.25) is 9.35 Å². The van der Waals surface area contributed by atoms with E-state index in [0.29, 0.717) is 45.8 Å². The van der Waals surface area contributed by atoms with Gasteiger partial charge in [0.15, 0.2) is 0 Å². The van der Waals surface area contributed by atoms with Crippen LogP contribution in [0.15, 0.2) is 53.6 Å². The number of nitrogens with one attached hydrogen (secondary N) is 2. The van der Waals surface area contributed by atoms with Gasteiger partial charge < -0.3 is 14.1 Å². The zero-order chi connectivity index (χ0) is 28.1. The zero-order valence-electron chi connectivity index (χ0n) is 20.8. The molecule has 0 radical (unpaired) electrons. The summed E-state index contributed by atoms with van der Waals surface area (Å²) in [7, 11) is 1.63. The van der Waals surface area contributed by atoms with Gasteiger partial charge in [0.2, 0.25) is 11.3 Å². The van der Waals surface area contributed by atoms with Crippen molar-refractivity contribution in [1.82, 2.24) is 23.8 Å². The Bertz CT molecular complexity index is 1810. The summed E-state index contributed by atoms with van der Waals surface area (Å²) in [5.41, 5.74) is 2.54. The molecule has 204 valence electrons. The second-order valence-corrected chi connectivity index (χ2v) is 10.00. The molecule has 2 aromatic carbocycles. The van der Waals surface area contributed by atoms with E-state index in [2.05, 4.69) is 14.7 Å². The van der Waals surface area contributed by atoms with Gasteiger partial charge in [0, 0.05) is 43.5 Å². The fourth-order valence-electron chi connectivity index (χ4n) is 4.81. The highest BCUT2D eigenvalue weighted by Crippen LogP contribution is 2.34. The number of imidazole rings is 1. The van der Waals surface area contributed by atoms with E-state index in [1.54, 1.807) is 37.0 Å². The molecule has 8 nitrogen and oxygen atoms in total. The lowest BCUT2D eigenvalue weighted by atomic mass is 9.99. The normalized spacial score (nSPS) is 13.0. The fourth-order valence-corrected chi connectivity index (χ4v) is 5.09. The molecule has 1 atom stereocenters. The van der Waals surface area contributed by atoms with Crippen molar-refractivity contribution in [2.45, 2.75) is 26.1 Å².